The van der Waals surface area contributed by atoms with E-state index in [9.17, 15) is 4.79 Å². The van der Waals surface area contributed by atoms with Gasteiger partial charge in [-0.05, 0) is 19.8 Å². The Balaban J connectivity index is 2.36. The summed E-state index contributed by atoms with van der Waals surface area (Å²) in [7, 11) is 0. The van der Waals surface area contributed by atoms with E-state index in [0.717, 1.165) is 29.8 Å². The third-order valence-corrected chi connectivity index (χ3v) is 2.92. The minimum atomic E-state index is -0.176. The van der Waals surface area contributed by atoms with Crippen molar-refractivity contribution in [1.82, 2.24) is 4.98 Å². The molecule has 0 N–H and O–H groups in total. The van der Waals surface area contributed by atoms with E-state index >= 15 is 0 Å². The number of aryl methyl sites for hydroxylation is 1. The zero-order valence-electron chi connectivity index (χ0n) is 6.33. The summed E-state index contributed by atoms with van der Waals surface area (Å²) in [4.78, 5) is 15.0. The van der Waals surface area contributed by atoms with Crippen LogP contribution in [-0.2, 0) is 10.2 Å². The van der Waals surface area contributed by atoms with Crippen molar-refractivity contribution in [3.05, 3.63) is 16.1 Å². The summed E-state index contributed by atoms with van der Waals surface area (Å²) in [6.45, 7) is 1.97. The van der Waals surface area contributed by atoms with Gasteiger partial charge in [0.15, 0.2) is 0 Å². The summed E-state index contributed by atoms with van der Waals surface area (Å²) in [6, 6.07) is 0. The van der Waals surface area contributed by atoms with Crippen molar-refractivity contribution < 1.29 is 4.79 Å². The number of carbonyl (C=O) groups excluding carboxylic acids is 1. The molecule has 1 aromatic heterocycles. The molecule has 0 atom stereocenters. The molecule has 1 heterocycles. The fourth-order valence-electron chi connectivity index (χ4n) is 1.16. The zero-order chi connectivity index (χ0) is 7.90. The van der Waals surface area contributed by atoms with Crippen molar-refractivity contribution in [3.8, 4) is 0 Å². The van der Waals surface area contributed by atoms with Crippen molar-refractivity contribution >= 4 is 17.6 Å². The molecule has 0 saturated heterocycles. The average Bonchev–Trinajstić information content (AvgIpc) is 2.70. The topological polar surface area (TPSA) is 30.0 Å². The molecule has 0 radical (unpaired) electrons. The number of hydrogen-bond acceptors (Lipinski definition) is 3. The molecule has 11 heavy (non-hydrogen) atoms. The lowest BCUT2D eigenvalue weighted by molar-refractivity contribution is -0.109. The van der Waals surface area contributed by atoms with Crippen LogP contribution in [0.2, 0.25) is 0 Å². The maximum atomic E-state index is 10.7. The van der Waals surface area contributed by atoms with E-state index in [1.807, 2.05) is 12.3 Å². The number of aldehydes is 1. The van der Waals surface area contributed by atoms with Gasteiger partial charge in [0.25, 0.3) is 0 Å². The van der Waals surface area contributed by atoms with Crippen LogP contribution in [0, 0.1) is 6.92 Å². The molecule has 2 rings (SSSR count). The second-order valence-electron chi connectivity index (χ2n) is 3.03. The molecule has 2 nitrogen and oxygen atoms in total. The third-order valence-electron chi connectivity index (χ3n) is 2.14. The molecule has 1 aromatic rings. The summed E-state index contributed by atoms with van der Waals surface area (Å²) >= 11 is 1.62. The molecule has 1 aliphatic carbocycles. The molecular formula is C8H9NOS. The van der Waals surface area contributed by atoms with Gasteiger partial charge in [0.2, 0.25) is 0 Å². The minimum absolute atomic E-state index is 0.176. The summed E-state index contributed by atoms with van der Waals surface area (Å²) in [5.41, 5.74) is 0.806. The van der Waals surface area contributed by atoms with Crippen LogP contribution in [0.5, 0.6) is 0 Å². The van der Waals surface area contributed by atoms with Crippen molar-refractivity contribution in [1.29, 1.82) is 0 Å². The highest BCUT2D eigenvalue weighted by Gasteiger charge is 2.46. The molecule has 1 saturated carbocycles. The van der Waals surface area contributed by atoms with Gasteiger partial charge in [0.1, 0.15) is 6.29 Å². The quantitative estimate of drug-likeness (QED) is 0.627. The minimum Gasteiger partial charge on any atom is -0.302 e. The predicted octanol–water partition coefficient (Wildman–Crippen LogP) is 1.68. The van der Waals surface area contributed by atoms with E-state index in [2.05, 4.69) is 4.98 Å². The van der Waals surface area contributed by atoms with Crippen LogP contribution in [0.4, 0.5) is 0 Å². The molecule has 0 spiro atoms. The number of hydrogen-bond donors (Lipinski definition) is 0. The Morgan fingerprint density at radius 3 is 2.82 bits per heavy atom. The number of rotatable bonds is 2. The van der Waals surface area contributed by atoms with Crippen molar-refractivity contribution in [2.45, 2.75) is 25.2 Å². The van der Waals surface area contributed by atoms with Crippen LogP contribution in [0.1, 0.15) is 23.5 Å². The lowest BCUT2D eigenvalue weighted by Gasteiger charge is -1.99. The number of thiazole rings is 1. The molecule has 0 unspecified atom stereocenters. The van der Waals surface area contributed by atoms with Crippen molar-refractivity contribution in [2.24, 2.45) is 0 Å². The van der Waals surface area contributed by atoms with Gasteiger partial charge in [0.05, 0.1) is 16.1 Å². The molecule has 58 valence electrons. The van der Waals surface area contributed by atoms with E-state index in [1.54, 1.807) is 11.3 Å². The Labute approximate surface area is 69.3 Å². The second kappa shape index (κ2) is 2.14. The fourth-order valence-corrected chi connectivity index (χ4v) is 1.88. The van der Waals surface area contributed by atoms with Gasteiger partial charge in [-0.2, -0.15) is 0 Å². The predicted molar refractivity (Wildman–Crippen MR) is 43.8 cm³/mol. The summed E-state index contributed by atoms with van der Waals surface area (Å²) < 4.78 is 0. The average molecular weight is 167 g/mol. The third kappa shape index (κ3) is 0.997. The highest BCUT2D eigenvalue weighted by Crippen LogP contribution is 2.46. The second-order valence-corrected chi connectivity index (χ2v) is 4.09. The first-order chi connectivity index (χ1) is 5.27. The van der Waals surface area contributed by atoms with Gasteiger partial charge in [-0.3, -0.25) is 0 Å². The van der Waals surface area contributed by atoms with Gasteiger partial charge in [0, 0.05) is 5.38 Å². The van der Waals surface area contributed by atoms with Crippen LogP contribution in [-0.4, -0.2) is 11.3 Å². The van der Waals surface area contributed by atoms with Crippen LogP contribution in [0.3, 0.4) is 0 Å². The zero-order valence-corrected chi connectivity index (χ0v) is 7.15. The van der Waals surface area contributed by atoms with E-state index in [1.165, 1.54) is 0 Å². The van der Waals surface area contributed by atoms with Crippen LogP contribution in [0.25, 0.3) is 0 Å². The highest BCUT2D eigenvalue weighted by atomic mass is 32.1. The van der Waals surface area contributed by atoms with E-state index in [-0.39, 0.29) is 5.41 Å². The lowest BCUT2D eigenvalue weighted by atomic mass is 10.1. The van der Waals surface area contributed by atoms with Crippen molar-refractivity contribution in [2.75, 3.05) is 0 Å². The number of carbonyl (C=O) groups is 1. The number of nitrogens with zero attached hydrogens (tertiary/aromatic N) is 1. The standard InChI is InChI=1S/C8H9NOS/c1-6-9-7(4-11-6)8(5-10)2-3-8/h4-5H,2-3H2,1H3. The molecule has 3 heteroatoms. The smallest absolute Gasteiger partial charge is 0.132 e. The summed E-state index contributed by atoms with van der Waals surface area (Å²) in [5, 5.41) is 3.05. The molecular weight excluding hydrogens is 158 g/mol. The monoisotopic (exact) mass is 167 g/mol. The van der Waals surface area contributed by atoms with Gasteiger partial charge in [-0.15, -0.1) is 11.3 Å². The first-order valence-electron chi connectivity index (χ1n) is 3.66. The Bertz CT molecular complexity index is 288. The first-order valence-corrected chi connectivity index (χ1v) is 4.54. The molecule has 0 aromatic carbocycles. The molecule has 0 aliphatic heterocycles. The lowest BCUT2D eigenvalue weighted by Crippen LogP contribution is -2.07. The van der Waals surface area contributed by atoms with Gasteiger partial charge in [-0.1, -0.05) is 0 Å². The largest absolute Gasteiger partial charge is 0.302 e. The fraction of sp³-hybridized carbons (Fsp3) is 0.500. The Kier molecular flexibility index (Phi) is 1.36. The molecule has 1 fully saturated rings. The summed E-state index contributed by atoms with van der Waals surface area (Å²) in [5.74, 6) is 0. The normalized spacial score (nSPS) is 19.7. The Morgan fingerprint density at radius 1 is 1.73 bits per heavy atom. The van der Waals surface area contributed by atoms with E-state index in [4.69, 9.17) is 0 Å². The Hall–Kier alpha value is -0.700. The van der Waals surface area contributed by atoms with E-state index in [0.29, 0.717) is 0 Å². The number of aromatic nitrogens is 1. The van der Waals surface area contributed by atoms with Crippen LogP contribution >= 0.6 is 11.3 Å². The first kappa shape index (κ1) is 6.98. The summed E-state index contributed by atoms with van der Waals surface area (Å²) in [6.07, 6.45) is 3.01. The molecule has 1 aliphatic rings. The van der Waals surface area contributed by atoms with Gasteiger partial charge < -0.3 is 4.79 Å². The Morgan fingerprint density at radius 2 is 2.45 bits per heavy atom. The van der Waals surface area contributed by atoms with Gasteiger partial charge in [-0.25, -0.2) is 4.98 Å². The SMILES string of the molecule is Cc1nc(C2(C=O)CC2)cs1. The van der Waals surface area contributed by atoms with Gasteiger partial charge >= 0.3 is 0 Å². The van der Waals surface area contributed by atoms with Crippen LogP contribution in [0.15, 0.2) is 5.38 Å². The van der Waals surface area contributed by atoms with Crippen molar-refractivity contribution in [3.63, 3.8) is 0 Å². The molecule has 0 amide bonds. The maximum Gasteiger partial charge on any atom is 0.132 e. The van der Waals surface area contributed by atoms with E-state index < -0.39 is 0 Å². The highest BCUT2D eigenvalue weighted by molar-refractivity contribution is 7.09. The van der Waals surface area contributed by atoms with Crippen LogP contribution < -0.4 is 0 Å². The maximum absolute atomic E-state index is 10.7. The molecule has 0 bridgehead atoms.